The van der Waals surface area contributed by atoms with E-state index in [1.807, 2.05) is 12.1 Å². The smallest absolute Gasteiger partial charge is 0.124 e. The van der Waals surface area contributed by atoms with E-state index in [1.165, 1.54) is 33.4 Å². The number of hydrogen-bond acceptors (Lipinski definition) is 2. The lowest BCUT2D eigenvalue weighted by Gasteiger charge is -2.43. The third kappa shape index (κ3) is 3.98. The van der Waals surface area contributed by atoms with Gasteiger partial charge >= 0.3 is 0 Å². The highest BCUT2D eigenvalue weighted by Gasteiger charge is 2.45. The molecule has 2 nitrogen and oxygen atoms in total. The Balaban J connectivity index is 1.40. The lowest BCUT2D eigenvalue weighted by atomic mass is 9.60. The van der Waals surface area contributed by atoms with Gasteiger partial charge in [-0.1, -0.05) is 84.9 Å². The fourth-order valence-corrected chi connectivity index (χ4v) is 6.71. The summed E-state index contributed by atoms with van der Waals surface area (Å²) in [4.78, 5) is 0. The van der Waals surface area contributed by atoms with Crippen LogP contribution in [0.1, 0.15) is 56.3 Å². The van der Waals surface area contributed by atoms with Crippen molar-refractivity contribution in [3.8, 4) is 11.5 Å². The molecule has 0 fully saturated rings. The Bertz CT molecular complexity index is 1520. The van der Waals surface area contributed by atoms with E-state index in [0.717, 1.165) is 31.6 Å². The monoisotopic (exact) mass is 622 g/mol. The van der Waals surface area contributed by atoms with Gasteiger partial charge in [-0.15, -0.1) is 0 Å². The molecule has 0 heterocycles. The molecule has 0 amide bonds. The molecule has 0 unspecified atom stereocenters. The normalized spacial score (nSPS) is 16.4. The van der Waals surface area contributed by atoms with E-state index in [9.17, 15) is 0 Å². The molecule has 5 aromatic rings. The van der Waals surface area contributed by atoms with Crippen molar-refractivity contribution in [1.82, 2.24) is 0 Å². The second-order valence-corrected chi connectivity index (χ2v) is 11.5. The molecule has 5 aromatic carbocycles. The number of rotatable bonds is 6. The molecule has 38 heavy (non-hydrogen) atoms. The summed E-state index contributed by atoms with van der Waals surface area (Å²) < 4.78 is 15.3. The first-order valence-corrected chi connectivity index (χ1v) is 14.4. The molecule has 2 atom stereocenters. The molecule has 2 bridgehead atoms. The summed E-state index contributed by atoms with van der Waals surface area (Å²) in [6.45, 7) is 1.04. The lowest BCUT2D eigenvalue weighted by Crippen LogP contribution is -2.29. The zero-order valence-corrected chi connectivity index (χ0v) is 23.7. The molecule has 4 heteroatoms. The second kappa shape index (κ2) is 9.76. The minimum absolute atomic E-state index is 0.0663. The summed E-state index contributed by atoms with van der Waals surface area (Å²) in [6.07, 6.45) is 0. The highest BCUT2D eigenvalue weighted by molar-refractivity contribution is 9.13. The first kappa shape index (κ1) is 23.8. The second-order valence-electron chi connectivity index (χ2n) is 9.83. The number of halogens is 2. The molecule has 0 radical (unpaired) electrons. The van der Waals surface area contributed by atoms with Crippen LogP contribution in [0.3, 0.4) is 0 Å². The Morgan fingerprint density at radius 3 is 1.29 bits per heavy atom. The molecule has 186 valence electrons. The van der Waals surface area contributed by atoms with Crippen molar-refractivity contribution in [3.63, 3.8) is 0 Å². The fraction of sp³-hybridized carbons (Fsp3) is 0.118. The van der Waals surface area contributed by atoms with Crippen LogP contribution in [0.4, 0.5) is 0 Å². The van der Waals surface area contributed by atoms with Crippen LogP contribution < -0.4 is 9.47 Å². The van der Waals surface area contributed by atoms with E-state index < -0.39 is 0 Å². The van der Waals surface area contributed by atoms with Crippen LogP contribution in [0.25, 0.3) is 0 Å². The maximum atomic E-state index is 6.57. The predicted octanol–water partition coefficient (Wildman–Crippen LogP) is 9.36. The average molecular weight is 624 g/mol. The van der Waals surface area contributed by atoms with Crippen LogP contribution in [0, 0.1) is 0 Å². The quantitative estimate of drug-likeness (QED) is 0.184. The van der Waals surface area contributed by atoms with E-state index in [1.54, 1.807) is 0 Å². The summed E-state index contributed by atoms with van der Waals surface area (Å²) in [6, 6.07) is 38.3. The van der Waals surface area contributed by atoms with Crippen molar-refractivity contribution < 1.29 is 9.47 Å². The standard InChI is InChI=1S/C34H24Br2O2/c35-27-17-25-26(18-28(27)36)32-24-14-8-7-13-23(24)31(25)33-29(37-19-21-9-3-1-4-10-21)15-16-30(34(32)33)38-20-22-11-5-2-6-12-22/h1-18,31-32H,19-20H2/t31-,32+. The molecule has 0 N–H and O–H groups in total. The molecular weight excluding hydrogens is 600 g/mol. The Kier molecular flexibility index (Phi) is 6.10. The Hall–Kier alpha value is -3.34. The molecule has 3 aliphatic carbocycles. The van der Waals surface area contributed by atoms with Gasteiger partial charge in [0.15, 0.2) is 0 Å². The molecule has 0 spiro atoms. The van der Waals surface area contributed by atoms with Gasteiger partial charge in [0, 0.05) is 31.9 Å². The van der Waals surface area contributed by atoms with E-state index in [4.69, 9.17) is 9.47 Å². The molecule has 0 aromatic heterocycles. The minimum atomic E-state index is 0.0663. The van der Waals surface area contributed by atoms with Gasteiger partial charge in [0.2, 0.25) is 0 Å². The molecule has 0 aliphatic heterocycles. The van der Waals surface area contributed by atoms with Crippen LogP contribution in [0.15, 0.2) is 118 Å². The zero-order chi connectivity index (χ0) is 25.6. The summed E-state index contributed by atoms with van der Waals surface area (Å²) in [7, 11) is 0. The van der Waals surface area contributed by atoms with Crippen LogP contribution >= 0.6 is 31.9 Å². The summed E-state index contributed by atoms with van der Waals surface area (Å²) in [5.74, 6) is 1.98. The van der Waals surface area contributed by atoms with Gasteiger partial charge in [0.1, 0.15) is 24.7 Å². The average Bonchev–Trinajstić information content (AvgIpc) is 2.96. The Labute approximate surface area is 239 Å². The van der Waals surface area contributed by atoms with Gasteiger partial charge in [-0.3, -0.25) is 0 Å². The van der Waals surface area contributed by atoms with Gasteiger partial charge in [-0.05, 0) is 89.5 Å². The maximum Gasteiger partial charge on any atom is 0.124 e. The topological polar surface area (TPSA) is 18.5 Å². The van der Waals surface area contributed by atoms with E-state index in [0.29, 0.717) is 13.2 Å². The Morgan fingerprint density at radius 1 is 0.474 bits per heavy atom. The van der Waals surface area contributed by atoms with Gasteiger partial charge in [0.05, 0.1) is 0 Å². The highest BCUT2D eigenvalue weighted by atomic mass is 79.9. The van der Waals surface area contributed by atoms with Crippen molar-refractivity contribution in [1.29, 1.82) is 0 Å². The first-order valence-electron chi connectivity index (χ1n) is 12.8. The molecule has 8 rings (SSSR count). The van der Waals surface area contributed by atoms with Crippen LogP contribution in [-0.4, -0.2) is 0 Å². The predicted molar refractivity (Wildman–Crippen MR) is 158 cm³/mol. The van der Waals surface area contributed by atoms with Crippen LogP contribution in [-0.2, 0) is 13.2 Å². The van der Waals surface area contributed by atoms with Crippen molar-refractivity contribution in [3.05, 3.63) is 163 Å². The largest absolute Gasteiger partial charge is 0.489 e. The van der Waals surface area contributed by atoms with Gasteiger partial charge in [-0.25, -0.2) is 0 Å². The zero-order valence-electron chi connectivity index (χ0n) is 20.5. The molecular formula is C34H24Br2O2. The third-order valence-corrected chi connectivity index (χ3v) is 9.47. The van der Waals surface area contributed by atoms with Crippen LogP contribution in [0.2, 0.25) is 0 Å². The number of hydrogen-bond donors (Lipinski definition) is 0. The lowest BCUT2D eigenvalue weighted by molar-refractivity contribution is 0.289. The van der Waals surface area contributed by atoms with Crippen molar-refractivity contribution in [2.75, 3.05) is 0 Å². The third-order valence-electron chi connectivity index (χ3n) is 7.62. The first-order chi connectivity index (χ1) is 18.7. The minimum Gasteiger partial charge on any atom is -0.489 e. The highest BCUT2D eigenvalue weighted by Crippen LogP contribution is 2.61. The summed E-state index contributed by atoms with van der Waals surface area (Å²) >= 11 is 7.54. The van der Waals surface area contributed by atoms with Crippen molar-refractivity contribution in [2.45, 2.75) is 25.0 Å². The molecule has 0 saturated carbocycles. The van der Waals surface area contributed by atoms with Gasteiger partial charge < -0.3 is 9.47 Å². The van der Waals surface area contributed by atoms with Gasteiger partial charge in [-0.2, -0.15) is 0 Å². The maximum absolute atomic E-state index is 6.57. The number of benzene rings is 5. The van der Waals surface area contributed by atoms with Crippen LogP contribution in [0.5, 0.6) is 11.5 Å². The van der Waals surface area contributed by atoms with E-state index >= 15 is 0 Å². The summed E-state index contributed by atoms with van der Waals surface area (Å²) in [5, 5.41) is 0. The fourth-order valence-electron chi connectivity index (χ4n) is 5.99. The SMILES string of the molecule is Brc1cc2c(cc1Br)[C@@H]1c3ccccc3[C@H]2c2c(OCc3ccccc3)ccc(OCc3ccccc3)c21. The number of ether oxygens (including phenoxy) is 2. The Morgan fingerprint density at radius 2 is 0.868 bits per heavy atom. The molecule has 3 aliphatic rings. The van der Waals surface area contributed by atoms with E-state index in [2.05, 4.69) is 129 Å². The van der Waals surface area contributed by atoms with E-state index in [-0.39, 0.29) is 11.8 Å². The van der Waals surface area contributed by atoms with Crippen molar-refractivity contribution in [2.24, 2.45) is 0 Å². The van der Waals surface area contributed by atoms with Gasteiger partial charge in [0.25, 0.3) is 0 Å². The molecule has 0 saturated heterocycles. The van der Waals surface area contributed by atoms with Crippen molar-refractivity contribution >= 4 is 31.9 Å². The summed E-state index contributed by atoms with van der Waals surface area (Å²) in [5.41, 5.74) is 10.1.